The van der Waals surface area contributed by atoms with Gasteiger partial charge in [-0.25, -0.2) is 0 Å². The van der Waals surface area contributed by atoms with Crippen LogP contribution in [0.2, 0.25) is 0 Å². The van der Waals surface area contributed by atoms with E-state index in [0.717, 1.165) is 17.9 Å². The monoisotopic (exact) mass is 493 g/mol. The van der Waals surface area contributed by atoms with Gasteiger partial charge in [-0.2, -0.15) is 0 Å². The van der Waals surface area contributed by atoms with E-state index in [4.69, 9.17) is 21.7 Å². The quantitative estimate of drug-likeness (QED) is 0.453. The Balaban J connectivity index is 1.83. The Morgan fingerprint density at radius 3 is 2.63 bits per heavy atom. The summed E-state index contributed by atoms with van der Waals surface area (Å²) in [4.78, 5) is 19.0. The lowest BCUT2D eigenvalue weighted by Crippen LogP contribution is -2.29. The molecule has 2 N–H and O–H groups in total. The number of pyridine rings is 1. The van der Waals surface area contributed by atoms with Crippen molar-refractivity contribution >= 4 is 34.6 Å². The van der Waals surface area contributed by atoms with E-state index in [0.29, 0.717) is 16.5 Å². The third-order valence-corrected chi connectivity index (χ3v) is 6.67. The van der Waals surface area contributed by atoms with Crippen LogP contribution in [-0.4, -0.2) is 41.4 Å². The van der Waals surface area contributed by atoms with Crippen LogP contribution in [0.1, 0.15) is 41.7 Å². The molecule has 0 aliphatic carbocycles. The maximum absolute atomic E-state index is 12.3. The lowest BCUT2D eigenvalue weighted by molar-refractivity contribution is -0.119. The van der Waals surface area contributed by atoms with E-state index in [9.17, 15) is 4.79 Å². The van der Waals surface area contributed by atoms with Crippen molar-refractivity contribution in [2.45, 2.75) is 39.4 Å². The minimum atomic E-state index is -0.264. The highest BCUT2D eigenvalue weighted by atomic mass is 32.1. The van der Waals surface area contributed by atoms with Crippen LogP contribution in [0.25, 0.3) is 0 Å². The molecule has 0 bridgehead atoms. The Morgan fingerprint density at radius 2 is 2.00 bits per heavy atom. The van der Waals surface area contributed by atoms with Crippen molar-refractivity contribution < 1.29 is 14.3 Å². The summed E-state index contributed by atoms with van der Waals surface area (Å²) in [6, 6.07) is 13.5. The first-order valence-electron chi connectivity index (χ1n) is 11.5. The number of nitrogens with zero attached hydrogens (tertiary/aromatic N) is 3. The number of benzene rings is 1. The summed E-state index contributed by atoms with van der Waals surface area (Å²) in [7, 11) is 3.05. The van der Waals surface area contributed by atoms with Gasteiger partial charge in [0.2, 0.25) is 5.91 Å². The fourth-order valence-corrected chi connectivity index (χ4v) is 5.17. The SMILES string of the molecule is CCn1c(C)cc([C@H]2[C@@H](c3ccccn3)NC(=S)N2c2ccc(OC)c(NC(=O)COC)c2)c1C. The second-order valence-electron chi connectivity index (χ2n) is 8.43. The molecule has 35 heavy (non-hydrogen) atoms. The first kappa shape index (κ1) is 24.7. The van der Waals surface area contributed by atoms with Crippen molar-refractivity contribution in [3.05, 3.63) is 71.3 Å². The Bertz CT molecular complexity index is 1230. The molecule has 8 nitrogen and oxygen atoms in total. The van der Waals surface area contributed by atoms with E-state index in [-0.39, 0.29) is 24.6 Å². The van der Waals surface area contributed by atoms with Gasteiger partial charge in [-0.15, -0.1) is 0 Å². The van der Waals surface area contributed by atoms with Crippen LogP contribution in [0.5, 0.6) is 5.75 Å². The summed E-state index contributed by atoms with van der Waals surface area (Å²) < 4.78 is 12.8. The molecule has 1 aromatic carbocycles. The maximum Gasteiger partial charge on any atom is 0.250 e. The smallest absolute Gasteiger partial charge is 0.250 e. The van der Waals surface area contributed by atoms with E-state index in [1.54, 1.807) is 13.3 Å². The Hall–Kier alpha value is -3.43. The van der Waals surface area contributed by atoms with Crippen LogP contribution < -0.4 is 20.3 Å². The first-order valence-corrected chi connectivity index (χ1v) is 11.9. The standard InChI is InChI=1S/C26H31N5O3S/c1-6-30-16(2)13-19(17(30)3)25-24(20-9-7-8-12-27-20)29-26(35)31(25)18-10-11-22(34-5)21(14-18)28-23(32)15-33-4/h7-14,24-25H,6,15H2,1-5H3,(H,28,32)(H,29,35)/t24-,25+/m1/s1. The fourth-order valence-electron chi connectivity index (χ4n) is 4.82. The fraction of sp³-hybridized carbons (Fsp3) is 0.346. The van der Waals surface area contributed by atoms with E-state index in [1.807, 2.05) is 36.4 Å². The number of methoxy groups -OCH3 is 2. The van der Waals surface area contributed by atoms with Crippen LogP contribution in [0, 0.1) is 13.8 Å². The second kappa shape index (κ2) is 10.5. The molecule has 1 fully saturated rings. The lowest BCUT2D eigenvalue weighted by atomic mass is 9.96. The van der Waals surface area contributed by atoms with Gasteiger partial charge < -0.3 is 29.6 Å². The first-order chi connectivity index (χ1) is 16.9. The van der Waals surface area contributed by atoms with E-state index in [2.05, 4.69) is 51.9 Å². The maximum atomic E-state index is 12.3. The highest BCUT2D eigenvalue weighted by molar-refractivity contribution is 7.80. The van der Waals surface area contributed by atoms with Crippen LogP contribution in [0.4, 0.5) is 11.4 Å². The zero-order valence-corrected chi connectivity index (χ0v) is 21.5. The number of rotatable bonds is 8. The highest BCUT2D eigenvalue weighted by Gasteiger charge is 2.42. The summed E-state index contributed by atoms with van der Waals surface area (Å²) >= 11 is 5.86. The lowest BCUT2D eigenvalue weighted by Gasteiger charge is -2.29. The molecule has 0 spiro atoms. The molecule has 184 valence electrons. The molecule has 4 rings (SSSR count). The molecule has 0 saturated carbocycles. The molecule has 3 heterocycles. The number of ether oxygens (including phenoxy) is 2. The molecule has 1 amide bonds. The predicted octanol–water partition coefficient (Wildman–Crippen LogP) is 4.29. The molecule has 1 aliphatic heterocycles. The van der Waals surface area contributed by atoms with Crippen LogP contribution >= 0.6 is 12.2 Å². The third-order valence-electron chi connectivity index (χ3n) is 6.36. The van der Waals surface area contributed by atoms with Crippen molar-refractivity contribution in [3.63, 3.8) is 0 Å². The summed E-state index contributed by atoms with van der Waals surface area (Å²) in [6.07, 6.45) is 1.80. The summed E-state index contributed by atoms with van der Waals surface area (Å²) in [5, 5.41) is 6.96. The molecular formula is C26H31N5O3S. The molecular weight excluding hydrogens is 462 g/mol. The molecule has 2 aromatic heterocycles. The second-order valence-corrected chi connectivity index (χ2v) is 8.82. The highest BCUT2D eigenvalue weighted by Crippen LogP contribution is 2.44. The molecule has 0 radical (unpaired) electrons. The summed E-state index contributed by atoms with van der Waals surface area (Å²) in [5.41, 5.74) is 5.85. The zero-order valence-electron chi connectivity index (χ0n) is 20.7. The van der Waals surface area contributed by atoms with Gasteiger partial charge in [-0.3, -0.25) is 9.78 Å². The summed E-state index contributed by atoms with van der Waals surface area (Å²) in [6.45, 7) is 7.25. The normalized spacial score (nSPS) is 17.4. The number of carbonyl (C=O) groups excluding carboxylic acids is 1. The number of hydrogen-bond acceptors (Lipinski definition) is 5. The number of anilines is 2. The summed E-state index contributed by atoms with van der Waals surface area (Å²) in [5.74, 6) is 0.290. The number of carbonyl (C=O) groups is 1. The van der Waals surface area contributed by atoms with Gasteiger partial charge in [-0.05, 0) is 75.0 Å². The number of aromatic nitrogens is 2. The number of thiocarbonyl (C=S) groups is 1. The van der Waals surface area contributed by atoms with Crippen molar-refractivity contribution in [1.82, 2.24) is 14.9 Å². The number of aryl methyl sites for hydroxylation is 1. The van der Waals surface area contributed by atoms with Gasteiger partial charge in [0.15, 0.2) is 5.11 Å². The minimum absolute atomic E-state index is 0.0511. The van der Waals surface area contributed by atoms with E-state index in [1.165, 1.54) is 24.1 Å². The van der Waals surface area contributed by atoms with Crippen LogP contribution in [0.3, 0.4) is 0 Å². The van der Waals surface area contributed by atoms with Gasteiger partial charge in [0, 0.05) is 36.9 Å². The molecule has 2 atom stereocenters. The largest absolute Gasteiger partial charge is 0.495 e. The van der Waals surface area contributed by atoms with Crippen molar-refractivity contribution in [1.29, 1.82) is 0 Å². The molecule has 0 unspecified atom stereocenters. The van der Waals surface area contributed by atoms with Gasteiger partial charge >= 0.3 is 0 Å². The van der Waals surface area contributed by atoms with Gasteiger partial charge in [-0.1, -0.05) is 6.07 Å². The molecule has 1 aliphatic rings. The zero-order chi connectivity index (χ0) is 25.1. The topological polar surface area (TPSA) is 80.7 Å². The molecule has 1 saturated heterocycles. The van der Waals surface area contributed by atoms with Crippen LogP contribution in [-0.2, 0) is 16.1 Å². The van der Waals surface area contributed by atoms with Crippen molar-refractivity contribution in [3.8, 4) is 5.75 Å². The Labute approximate surface area is 211 Å². The van der Waals surface area contributed by atoms with Gasteiger partial charge in [0.05, 0.1) is 30.6 Å². The molecule has 9 heteroatoms. The average molecular weight is 494 g/mol. The van der Waals surface area contributed by atoms with Crippen molar-refractivity contribution in [2.75, 3.05) is 31.0 Å². The third kappa shape index (κ3) is 4.74. The van der Waals surface area contributed by atoms with E-state index < -0.39 is 0 Å². The average Bonchev–Trinajstić information content (AvgIpc) is 3.34. The van der Waals surface area contributed by atoms with E-state index >= 15 is 0 Å². The minimum Gasteiger partial charge on any atom is -0.495 e. The predicted molar refractivity (Wildman–Crippen MR) is 141 cm³/mol. The molecule has 3 aromatic rings. The number of amides is 1. The Morgan fingerprint density at radius 1 is 1.20 bits per heavy atom. The van der Waals surface area contributed by atoms with Gasteiger partial charge in [0.25, 0.3) is 0 Å². The number of nitrogens with one attached hydrogen (secondary N) is 2. The Kier molecular flexibility index (Phi) is 7.37. The number of hydrogen-bond donors (Lipinski definition) is 2. The van der Waals surface area contributed by atoms with Gasteiger partial charge in [0.1, 0.15) is 12.4 Å². The van der Waals surface area contributed by atoms with Crippen LogP contribution in [0.15, 0.2) is 48.7 Å². The van der Waals surface area contributed by atoms with Crippen molar-refractivity contribution in [2.24, 2.45) is 0 Å².